The molecule has 2 rings (SSSR count). The highest BCUT2D eigenvalue weighted by atomic mass is 16.3. The fourth-order valence-electron chi connectivity index (χ4n) is 1.76. The van der Waals surface area contributed by atoms with Crippen molar-refractivity contribution in [2.45, 2.75) is 32.5 Å². The normalized spacial score (nSPS) is 12.5. The Bertz CT molecular complexity index is 485. The van der Waals surface area contributed by atoms with Gasteiger partial charge in [0.05, 0.1) is 11.4 Å². The van der Waals surface area contributed by atoms with Crippen molar-refractivity contribution in [1.82, 2.24) is 25.3 Å². The van der Waals surface area contributed by atoms with Gasteiger partial charge in [0, 0.05) is 38.1 Å². The van der Waals surface area contributed by atoms with Crippen LogP contribution in [0.2, 0.25) is 0 Å². The Morgan fingerprint density at radius 3 is 3.05 bits per heavy atom. The molecule has 1 unspecified atom stereocenters. The molecule has 0 saturated carbocycles. The molecular formula is C13H19N5O. The first kappa shape index (κ1) is 13.6. The van der Waals surface area contributed by atoms with E-state index >= 15 is 0 Å². The van der Waals surface area contributed by atoms with Gasteiger partial charge in [-0.1, -0.05) is 11.3 Å². The second-order valence-electron chi connectivity index (χ2n) is 4.41. The van der Waals surface area contributed by atoms with Crippen LogP contribution < -0.4 is 5.32 Å². The number of nitrogens with one attached hydrogen (secondary N) is 1. The number of aromatic nitrogens is 4. The maximum atomic E-state index is 8.76. The zero-order chi connectivity index (χ0) is 13.5. The van der Waals surface area contributed by atoms with Gasteiger partial charge in [0.15, 0.2) is 0 Å². The van der Waals surface area contributed by atoms with Crippen molar-refractivity contribution < 1.29 is 5.11 Å². The van der Waals surface area contributed by atoms with Gasteiger partial charge in [-0.2, -0.15) is 0 Å². The van der Waals surface area contributed by atoms with Crippen LogP contribution in [0.3, 0.4) is 0 Å². The molecule has 0 aliphatic rings. The van der Waals surface area contributed by atoms with E-state index in [1.165, 1.54) is 0 Å². The largest absolute Gasteiger partial charge is 0.396 e. The van der Waals surface area contributed by atoms with E-state index in [9.17, 15) is 0 Å². The smallest absolute Gasteiger partial charge is 0.0965 e. The lowest BCUT2D eigenvalue weighted by Gasteiger charge is -2.11. The monoisotopic (exact) mass is 261 g/mol. The van der Waals surface area contributed by atoms with Gasteiger partial charge in [0.2, 0.25) is 0 Å². The highest BCUT2D eigenvalue weighted by molar-refractivity contribution is 5.08. The highest BCUT2D eigenvalue weighted by Gasteiger charge is 2.07. The molecule has 2 aromatic rings. The molecule has 0 spiro atoms. The van der Waals surface area contributed by atoms with E-state index in [2.05, 4.69) is 27.5 Å². The molecule has 0 amide bonds. The Morgan fingerprint density at radius 2 is 2.32 bits per heavy atom. The summed E-state index contributed by atoms with van der Waals surface area (Å²) in [5.41, 5.74) is 1.90. The summed E-state index contributed by atoms with van der Waals surface area (Å²) in [4.78, 5) is 4.31. The van der Waals surface area contributed by atoms with Crippen LogP contribution in [-0.2, 0) is 13.1 Å². The maximum Gasteiger partial charge on any atom is 0.0965 e. The second-order valence-corrected chi connectivity index (χ2v) is 4.41. The highest BCUT2D eigenvalue weighted by Crippen LogP contribution is 2.08. The van der Waals surface area contributed by atoms with Crippen LogP contribution in [-0.4, -0.2) is 31.7 Å². The van der Waals surface area contributed by atoms with E-state index in [0.717, 1.165) is 11.4 Å². The molecule has 0 aliphatic heterocycles. The van der Waals surface area contributed by atoms with Crippen molar-refractivity contribution in [2.75, 3.05) is 6.61 Å². The lowest BCUT2D eigenvalue weighted by atomic mass is 10.2. The van der Waals surface area contributed by atoms with E-state index in [-0.39, 0.29) is 12.6 Å². The van der Waals surface area contributed by atoms with Crippen LogP contribution >= 0.6 is 0 Å². The summed E-state index contributed by atoms with van der Waals surface area (Å²) in [5, 5.41) is 20.2. The van der Waals surface area contributed by atoms with Crippen LogP contribution in [0.15, 0.2) is 30.6 Å². The van der Waals surface area contributed by atoms with Crippen molar-refractivity contribution in [1.29, 1.82) is 0 Å². The quantitative estimate of drug-likeness (QED) is 0.774. The number of nitrogens with zero attached hydrogens (tertiary/aromatic N) is 4. The SMILES string of the molecule is CC(NCc1cn(CCCO)nn1)c1ccccn1. The first-order valence-electron chi connectivity index (χ1n) is 6.44. The molecule has 0 saturated heterocycles. The Hall–Kier alpha value is -1.79. The first-order chi connectivity index (χ1) is 9.29. The Morgan fingerprint density at radius 1 is 1.42 bits per heavy atom. The molecule has 0 aliphatic carbocycles. The van der Waals surface area contributed by atoms with Crippen LogP contribution in [0.5, 0.6) is 0 Å². The molecule has 102 valence electrons. The van der Waals surface area contributed by atoms with Crippen molar-refractivity contribution in [3.8, 4) is 0 Å². The standard InChI is InChI=1S/C13H19N5O/c1-11(13-5-2-3-6-14-13)15-9-12-10-18(17-16-12)7-4-8-19/h2-3,5-6,10-11,15,19H,4,7-9H2,1H3. The number of hydrogen-bond acceptors (Lipinski definition) is 5. The molecule has 0 bridgehead atoms. The zero-order valence-corrected chi connectivity index (χ0v) is 11.0. The number of hydrogen-bond donors (Lipinski definition) is 2. The first-order valence-corrected chi connectivity index (χ1v) is 6.44. The second kappa shape index (κ2) is 6.96. The van der Waals surface area contributed by atoms with Gasteiger partial charge in [-0.3, -0.25) is 9.67 Å². The minimum atomic E-state index is 0.170. The molecule has 6 heteroatoms. The predicted octanol–water partition coefficient (Wildman–Crippen LogP) is 0.906. The van der Waals surface area contributed by atoms with Crippen LogP contribution in [0.1, 0.15) is 30.8 Å². The lowest BCUT2D eigenvalue weighted by Crippen LogP contribution is -2.19. The summed E-state index contributed by atoms with van der Waals surface area (Å²) in [6, 6.07) is 6.05. The molecule has 0 aromatic carbocycles. The number of aliphatic hydroxyl groups excluding tert-OH is 1. The summed E-state index contributed by atoms with van der Waals surface area (Å²) in [6.45, 7) is 3.58. The molecular weight excluding hydrogens is 242 g/mol. The Balaban J connectivity index is 1.83. The van der Waals surface area contributed by atoms with E-state index in [1.54, 1.807) is 10.9 Å². The van der Waals surface area contributed by atoms with Gasteiger partial charge in [-0.15, -0.1) is 5.10 Å². The summed E-state index contributed by atoms with van der Waals surface area (Å²) >= 11 is 0. The maximum absolute atomic E-state index is 8.76. The summed E-state index contributed by atoms with van der Waals surface area (Å²) in [6.07, 6.45) is 4.38. The number of rotatable bonds is 7. The molecule has 19 heavy (non-hydrogen) atoms. The average Bonchev–Trinajstić information content (AvgIpc) is 2.91. The minimum Gasteiger partial charge on any atom is -0.396 e. The average molecular weight is 261 g/mol. The number of aliphatic hydroxyl groups is 1. The molecule has 2 aromatic heterocycles. The third kappa shape index (κ3) is 4.11. The van der Waals surface area contributed by atoms with Crippen LogP contribution in [0.4, 0.5) is 0 Å². The van der Waals surface area contributed by atoms with Crippen molar-refractivity contribution in [3.05, 3.63) is 42.0 Å². The van der Waals surface area contributed by atoms with Crippen LogP contribution in [0, 0.1) is 0 Å². The molecule has 0 radical (unpaired) electrons. The number of pyridine rings is 1. The Labute approximate surface area is 112 Å². The molecule has 6 nitrogen and oxygen atoms in total. The van der Waals surface area contributed by atoms with E-state index < -0.39 is 0 Å². The zero-order valence-electron chi connectivity index (χ0n) is 11.0. The predicted molar refractivity (Wildman–Crippen MR) is 71.2 cm³/mol. The Kier molecular flexibility index (Phi) is 5.00. The molecule has 1 atom stereocenters. The van der Waals surface area contributed by atoms with Gasteiger partial charge in [0.25, 0.3) is 0 Å². The van der Waals surface area contributed by atoms with E-state index in [1.807, 2.05) is 24.4 Å². The molecule has 2 N–H and O–H groups in total. The lowest BCUT2D eigenvalue weighted by molar-refractivity contribution is 0.276. The van der Waals surface area contributed by atoms with Gasteiger partial charge < -0.3 is 10.4 Å². The minimum absolute atomic E-state index is 0.170. The van der Waals surface area contributed by atoms with Crippen molar-refractivity contribution >= 4 is 0 Å². The van der Waals surface area contributed by atoms with E-state index in [4.69, 9.17) is 5.11 Å². The van der Waals surface area contributed by atoms with Gasteiger partial charge >= 0.3 is 0 Å². The molecule has 0 fully saturated rings. The van der Waals surface area contributed by atoms with Gasteiger partial charge in [-0.05, 0) is 25.5 Å². The fourth-order valence-corrected chi connectivity index (χ4v) is 1.76. The fraction of sp³-hybridized carbons (Fsp3) is 0.462. The van der Waals surface area contributed by atoms with Crippen molar-refractivity contribution in [2.24, 2.45) is 0 Å². The van der Waals surface area contributed by atoms with Crippen molar-refractivity contribution in [3.63, 3.8) is 0 Å². The van der Waals surface area contributed by atoms with Gasteiger partial charge in [0.1, 0.15) is 0 Å². The third-order valence-electron chi connectivity index (χ3n) is 2.85. The van der Waals surface area contributed by atoms with Gasteiger partial charge in [-0.25, -0.2) is 0 Å². The summed E-state index contributed by atoms with van der Waals surface area (Å²) < 4.78 is 1.75. The van der Waals surface area contributed by atoms with E-state index in [0.29, 0.717) is 19.5 Å². The third-order valence-corrected chi connectivity index (χ3v) is 2.85. The van der Waals surface area contributed by atoms with Crippen LogP contribution in [0.25, 0.3) is 0 Å². The summed E-state index contributed by atoms with van der Waals surface area (Å²) in [7, 11) is 0. The molecule has 2 heterocycles. The summed E-state index contributed by atoms with van der Waals surface area (Å²) in [5.74, 6) is 0. The number of aryl methyl sites for hydroxylation is 1. The topological polar surface area (TPSA) is 75.9 Å².